The lowest BCUT2D eigenvalue weighted by atomic mass is 9.86. The van der Waals surface area contributed by atoms with Crippen molar-refractivity contribution in [3.8, 4) is 0 Å². The number of rotatable bonds is 3. The quantitative estimate of drug-likeness (QED) is 0.596. The van der Waals surface area contributed by atoms with Gasteiger partial charge in [-0.2, -0.15) is 0 Å². The summed E-state index contributed by atoms with van der Waals surface area (Å²) < 4.78 is 11.5. The average molecular weight is 427 g/mol. The number of fused-ring (bicyclic) bond motifs is 2. The molecule has 8 heteroatoms. The number of hydrogen-bond acceptors (Lipinski definition) is 6. The van der Waals surface area contributed by atoms with Gasteiger partial charge < -0.3 is 29.9 Å². The Morgan fingerprint density at radius 3 is 2.39 bits per heavy atom. The van der Waals surface area contributed by atoms with Crippen molar-refractivity contribution in [3.63, 3.8) is 0 Å². The van der Waals surface area contributed by atoms with E-state index in [1.165, 1.54) is 0 Å². The summed E-state index contributed by atoms with van der Waals surface area (Å²) in [5.74, 6) is -1.64. The topological polar surface area (TPSA) is 99.4 Å². The first-order valence-corrected chi connectivity index (χ1v) is 9.64. The van der Waals surface area contributed by atoms with E-state index in [0.717, 1.165) is 16.7 Å². The van der Waals surface area contributed by atoms with Crippen LogP contribution in [0.15, 0.2) is 36.4 Å². The molecule has 0 radical (unpaired) electrons. The third kappa shape index (κ3) is 3.24. The van der Waals surface area contributed by atoms with Crippen molar-refractivity contribution in [1.82, 2.24) is 0 Å². The van der Waals surface area contributed by atoms with Crippen molar-refractivity contribution in [1.29, 1.82) is 0 Å². The van der Waals surface area contributed by atoms with Crippen LogP contribution < -0.4 is 0 Å². The summed E-state index contributed by atoms with van der Waals surface area (Å²) in [6.07, 6.45) is -4.96. The van der Waals surface area contributed by atoms with Crippen molar-refractivity contribution >= 4 is 23.2 Å². The molecule has 2 aromatic carbocycles. The zero-order chi connectivity index (χ0) is 20.1. The van der Waals surface area contributed by atoms with Crippen LogP contribution in [0.2, 0.25) is 10.0 Å². The minimum Gasteiger partial charge on any atom is -0.394 e. The third-order valence-corrected chi connectivity index (χ3v) is 6.07. The smallest absolute Gasteiger partial charge is 0.225 e. The van der Waals surface area contributed by atoms with Gasteiger partial charge in [-0.3, -0.25) is 0 Å². The van der Waals surface area contributed by atoms with Gasteiger partial charge in [-0.1, -0.05) is 41.4 Å². The number of ether oxygens (including phenoxy) is 2. The number of hydrogen-bond donors (Lipinski definition) is 4. The van der Waals surface area contributed by atoms with E-state index in [1.54, 1.807) is 12.1 Å². The van der Waals surface area contributed by atoms with Crippen molar-refractivity contribution < 1.29 is 29.9 Å². The molecule has 1 unspecified atom stereocenters. The molecule has 4 N–H and O–H groups in total. The first kappa shape index (κ1) is 20.1. The van der Waals surface area contributed by atoms with Gasteiger partial charge in [0.25, 0.3) is 0 Å². The van der Waals surface area contributed by atoms with E-state index in [-0.39, 0.29) is 6.61 Å². The standard InChI is InChI=1S/C20H20Cl2O6/c21-14-4-2-11(7-15(14)22)5-10-1-3-12-9-27-20(13(12)6-10)19(26)18(25)17(24)16(8-23)28-20/h1-4,6-7,16-19,23-26H,5,8-9H2/t16-,17-,18+,19-,20?/m1/s1. The highest BCUT2D eigenvalue weighted by molar-refractivity contribution is 6.42. The number of aliphatic hydroxyl groups excluding tert-OH is 4. The van der Waals surface area contributed by atoms with Gasteiger partial charge in [0.2, 0.25) is 5.79 Å². The normalized spacial score (nSPS) is 31.9. The Bertz CT molecular complexity index is 889. The Morgan fingerprint density at radius 2 is 1.68 bits per heavy atom. The van der Waals surface area contributed by atoms with Crippen molar-refractivity contribution in [3.05, 3.63) is 68.7 Å². The molecule has 0 bridgehead atoms. The van der Waals surface area contributed by atoms with E-state index < -0.39 is 36.8 Å². The fourth-order valence-corrected chi connectivity index (χ4v) is 4.14. The molecular weight excluding hydrogens is 407 g/mol. The Kier molecular flexibility index (Phi) is 5.41. The molecule has 4 rings (SSSR count). The Labute approximate surface area is 171 Å². The maximum Gasteiger partial charge on any atom is 0.225 e. The predicted octanol–water partition coefficient (Wildman–Crippen LogP) is 1.74. The van der Waals surface area contributed by atoms with Crippen LogP contribution in [-0.2, 0) is 28.3 Å². The van der Waals surface area contributed by atoms with E-state index in [0.29, 0.717) is 22.0 Å². The summed E-state index contributed by atoms with van der Waals surface area (Å²) in [4.78, 5) is 0. The van der Waals surface area contributed by atoms with Gasteiger partial charge >= 0.3 is 0 Å². The molecule has 2 aliphatic rings. The second-order valence-corrected chi connectivity index (χ2v) is 7.95. The molecule has 28 heavy (non-hydrogen) atoms. The summed E-state index contributed by atoms with van der Waals surface area (Å²) in [6.45, 7) is -0.339. The summed E-state index contributed by atoms with van der Waals surface area (Å²) in [5, 5.41) is 41.4. The summed E-state index contributed by atoms with van der Waals surface area (Å²) >= 11 is 12.1. The highest BCUT2D eigenvalue weighted by atomic mass is 35.5. The minimum atomic E-state index is -1.64. The monoisotopic (exact) mass is 426 g/mol. The fourth-order valence-electron chi connectivity index (χ4n) is 3.82. The van der Waals surface area contributed by atoms with Crippen LogP contribution in [0.4, 0.5) is 0 Å². The maximum atomic E-state index is 10.6. The van der Waals surface area contributed by atoms with Gasteiger partial charge in [-0.25, -0.2) is 0 Å². The van der Waals surface area contributed by atoms with Crippen molar-refractivity contribution in [2.24, 2.45) is 0 Å². The van der Waals surface area contributed by atoms with Crippen LogP contribution in [0.3, 0.4) is 0 Å². The van der Waals surface area contributed by atoms with Gasteiger partial charge in [0.05, 0.1) is 23.3 Å². The van der Waals surface area contributed by atoms with E-state index in [4.69, 9.17) is 32.7 Å². The number of benzene rings is 2. The largest absolute Gasteiger partial charge is 0.394 e. The van der Waals surface area contributed by atoms with Gasteiger partial charge in [-0.05, 0) is 41.3 Å². The molecule has 1 fully saturated rings. The van der Waals surface area contributed by atoms with Crippen LogP contribution >= 0.6 is 23.2 Å². The Balaban J connectivity index is 1.69. The van der Waals surface area contributed by atoms with E-state index in [9.17, 15) is 20.4 Å². The Hall–Kier alpha value is -1.22. The average Bonchev–Trinajstić information content (AvgIpc) is 3.05. The molecule has 2 aliphatic heterocycles. The van der Waals surface area contributed by atoms with Crippen LogP contribution in [0.5, 0.6) is 0 Å². The summed E-state index contributed by atoms with van der Waals surface area (Å²) in [6, 6.07) is 11.0. The molecule has 0 amide bonds. The third-order valence-electron chi connectivity index (χ3n) is 5.33. The predicted molar refractivity (Wildman–Crippen MR) is 102 cm³/mol. The molecule has 2 aromatic rings. The van der Waals surface area contributed by atoms with Gasteiger partial charge in [0.15, 0.2) is 0 Å². The van der Waals surface area contributed by atoms with E-state index in [2.05, 4.69) is 0 Å². The van der Waals surface area contributed by atoms with E-state index >= 15 is 0 Å². The lowest BCUT2D eigenvalue weighted by Gasteiger charge is -2.46. The Morgan fingerprint density at radius 1 is 0.964 bits per heavy atom. The molecule has 6 nitrogen and oxygen atoms in total. The van der Waals surface area contributed by atoms with Crippen molar-refractivity contribution in [2.75, 3.05) is 6.61 Å². The molecule has 0 saturated carbocycles. The van der Waals surface area contributed by atoms with Crippen molar-refractivity contribution in [2.45, 2.75) is 43.2 Å². The van der Waals surface area contributed by atoms with E-state index in [1.807, 2.05) is 24.3 Å². The molecular formula is C20H20Cl2O6. The fraction of sp³-hybridized carbons (Fsp3) is 0.400. The first-order valence-electron chi connectivity index (χ1n) is 8.89. The second-order valence-electron chi connectivity index (χ2n) is 7.14. The highest BCUT2D eigenvalue weighted by Gasteiger charge is 2.58. The zero-order valence-electron chi connectivity index (χ0n) is 14.8. The highest BCUT2D eigenvalue weighted by Crippen LogP contribution is 2.46. The van der Waals surface area contributed by atoms with Gasteiger partial charge in [-0.15, -0.1) is 0 Å². The van der Waals surface area contributed by atoms with Crippen LogP contribution in [0.25, 0.3) is 0 Å². The minimum absolute atomic E-state index is 0.181. The molecule has 0 aromatic heterocycles. The van der Waals surface area contributed by atoms with Gasteiger partial charge in [0, 0.05) is 5.56 Å². The van der Waals surface area contributed by atoms with Crippen LogP contribution in [0.1, 0.15) is 22.3 Å². The molecule has 150 valence electrons. The summed E-state index contributed by atoms with van der Waals surface area (Å²) in [5.41, 5.74) is 3.24. The van der Waals surface area contributed by atoms with Crippen LogP contribution in [-0.4, -0.2) is 51.4 Å². The molecule has 0 aliphatic carbocycles. The molecule has 1 spiro atoms. The molecule has 2 heterocycles. The zero-order valence-corrected chi connectivity index (χ0v) is 16.3. The van der Waals surface area contributed by atoms with Gasteiger partial charge in [0.1, 0.15) is 24.4 Å². The lowest BCUT2D eigenvalue weighted by molar-refractivity contribution is -0.368. The molecule has 1 saturated heterocycles. The maximum absolute atomic E-state index is 10.6. The summed E-state index contributed by atoms with van der Waals surface area (Å²) in [7, 11) is 0. The lowest BCUT2D eigenvalue weighted by Crippen LogP contribution is -2.63. The first-order chi connectivity index (χ1) is 13.4. The second kappa shape index (κ2) is 7.55. The number of halogens is 2. The molecule has 5 atom stereocenters. The SMILES string of the molecule is OC[C@H]1OC2(OCc3ccc(Cc4ccc(Cl)c(Cl)c4)cc32)[C@H](O)[C@@H](O)[C@@H]1O. The number of aliphatic hydroxyl groups is 4. The van der Waals surface area contributed by atoms with Crippen LogP contribution in [0, 0.1) is 0 Å².